The van der Waals surface area contributed by atoms with Gasteiger partial charge in [0, 0.05) is 17.2 Å². The summed E-state index contributed by atoms with van der Waals surface area (Å²) < 4.78 is 0. The molecule has 2 N–H and O–H groups in total. The molecule has 2 aromatic heterocycles. The molecule has 3 rings (SSSR count). The van der Waals surface area contributed by atoms with Crippen molar-refractivity contribution < 1.29 is 14.7 Å². The van der Waals surface area contributed by atoms with E-state index >= 15 is 0 Å². The fourth-order valence-electron chi connectivity index (χ4n) is 1.93. The van der Waals surface area contributed by atoms with Crippen LogP contribution in [0.1, 0.15) is 9.88 Å². The molecule has 0 saturated carbocycles. The van der Waals surface area contributed by atoms with Crippen LogP contribution in [0.15, 0.2) is 29.4 Å². The summed E-state index contributed by atoms with van der Waals surface area (Å²) in [5.41, 5.74) is 1.22. The summed E-state index contributed by atoms with van der Waals surface area (Å²) in [5.74, 6) is -0.557. The summed E-state index contributed by atoms with van der Waals surface area (Å²) in [6.45, 7) is 0. The number of carbonyl (C=O) groups is 2. The first kappa shape index (κ1) is 14.7. The third-order valence-corrected chi connectivity index (χ3v) is 4.75. The first-order valence-electron chi connectivity index (χ1n) is 6.39. The molecule has 8 heteroatoms. The first-order valence-corrected chi connectivity index (χ1v) is 8.19. The van der Waals surface area contributed by atoms with Gasteiger partial charge >= 0.3 is 5.97 Å². The second-order valence-corrected chi connectivity index (χ2v) is 6.59. The standard InChI is InChI=1S/C14H11N3O3S2/c18-10-7-21-11(16-10)6-12-17-14(8-3-1-2-4-15-8)9(22-12)5-13(19)20/h1-4,6H,5,7H2,(H,16,18)(H,19,20)/b11-6+. The highest BCUT2D eigenvalue weighted by Crippen LogP contribution is 2.30. The molecule has 22 heavy (non-hydrogen) atoms. The number of aromatic nitrogens is 2. The zero-order valence-corrected chi connectivity index (χ0v) is 12.9. The van der Waals surface area contributed by atoms with E-state index in [0.717, 1.165) is 5.03 Å². The van der Waals surface area contributed by atoms with Gasteiger partial charge in [-0.05, 0) is 12.1 Å². The number of thiazole rings is 1. The second kappa shape index (κ2) is 6.29. The van der Waals surface area contributed by atoms with Crippen LogP contribution >= 0.6 is 23.1 Å². The molecule has 0 aliphatic carbocycles. The molecule has 2 aromatic rings. The number of aliphatic carboxylic acids is 1. The van der Waals surface area contributed by atoms with Crippen LogP contribution in [0.4, 0.5) is 0 Å². The number of amides is 1. The van der Waals surface area contributed by atoms with Gasteiger partial charge in [0.2, 0.25) is 5.91 Å². The monoisotopic (exact) mass is 333 g/mol. The number of thioether (sulfide) groups is 1. The Bertz CT molecular complexity index is 756. The molecule has 1 fully saturated rings. The third kappa shape index (κ3) is 3.34. The molecule has 1 saturated heterocycles. The smallest absolute Gasteiger partial charge is 0.308 e. The molecule has 0 spiro atoms. The van der Waals surface area contributed by atoms with E-state index in [1.54, 1.807) is 24.4 Å². The second-order valence-electron chi connectivity index (χ2n) is 4.45. The van der Waals surface area contributed by atoms with E-state index in [0.29, 0.717) is 27.0 Å². The maximum absolute atomic E-state index is 11.2. The molecule has 0 unspecified atom stereocenters. The molecular weight excluding hydrogens is 322 g/mol. The largest absolute Gasteiger partial charge is 0.481 e. The van der Waals surface area contributed by atoms with E-state index < -0.39 is 5.97 Å². The van der Waals surface area contributed by atoms with Crippen molar-refractivity contribution in [1.82, 2.24) is 15.3 Å². The topological polar surface area (TPSA) is 92.2 Å². The molecule has 0 aromatic carbocycles. The highest BCUT2D eigenvalue weighted by atomic mass is 32.2. The van der Waals surface area contributed by atoms with Crippen LogP contribution < -0.4 is 5.32 Å². The molecule has 1 amide bonds. The minimum Gasteiger partial charge on any atom is -0.481 e. The average molecular weight is 333 g/mol. The number of hydrogen-bond donors (Lipinski definition) is 2. The van der Waals surface area contributed by atoms with Crippen LogP contribution in [0.5, 0.6) is 0 Å². The van der Waals surface area contributed by atoms with Crippen molar-refractivity contribution in [1.29, 1.82) is 0 Å². The number of pyridine rings is 1. The first-order chi connectivity index (χ1) is 10.6. The van der Waals surface area contributed by atoms with Crippen molar-refractivity contribution in [3.8, 4) is 11.4 Å². The fourth-order valence-corrected chi connectivity index (χ4v) is 3.76. The van der Waals surface area contributed by atoms with Crippen LogP contribution in [0, 0.1) is 0 Å². The van der Waals surface area contributed by atoms with Crippen molar-refractivity contribution in [2.45, 2.75) is 6.42 Å². The Hall–Kier alpha value is -2.19. The van der Waals surface area contributed by atoms with Gasteiger partial charge in [-0.2, -0.15) is 0 Å². The number of carbonyl (C=O) groups excluding carboxylic acids is 1. The number of hydrogen-bond acceptors (Lipinski definition) is 6. The van der Waals surface area contributed by atoms with E-state index in [9.17, 15) is 9.59 Å². The molecule has 1 aliphatic rings. The van der Waals surface area contributed by atoms with Gasteiger partial charge in [-0.3, -0.25) is 14.6 Å². The van der Waals surface area contributed by atoms with Gasteiger partial charge in [0.25, 0.3) is 0 Å². The number of nitrogens with one attached hydrogen (secondary N) is 1. The Morgan fingerprint density at radius 3 is 2.95 bits per heavy atom. The van der Waals surface area contributed by atoms with E-state index in [4.69, 9.17) is 5.11 Å². The van der Waals surface area contributed by atoms with Crippen LogP contribution in [0.2, 0.25) is 0 Å². The van der Waals surface area contributed by atoms with Crippen molar-refractivity contribution in [2.24, 2.45) is 0 Å². The van der Waals surface area contributed by atoms with Gasteiger partial charge in [-0.15, -0.1) is 11.3 Å². The Kier molecular flexibility index (Phi) is 4.21. The molecule has 0 radical (unpaired) electrons. The fraction of sp³-hybridized carbons (Fsp3) is 0.143. The number of carboxylic acid groups (broad SMARTS) is 1. The van der Waals surface area contributed by atoms with Gasteiger partial charge < -0.3 is 10.4 Å². The van der Waals surface area contributed by atoms with E-state index in [1.165, 1.54) is 23.1 Å². The van der Waals surface area contributed by atoms with Gasteiger partial charge in [-0.25, -0.2) is 4.98 Å². The lowest BCUT2D eigenvalue weighted by Gasteiger charge is -1.98. The van der Waals surface area contributed by atoms with Gasteiger partial charge in [-0.1, -0.05) is 17.8 Å². The van der Waals surface area contributed by atoms with Gasteiger partial charge in [0.15, 0.2) is 0 Å². The van der Waals surface area contributed by atoms with Crippen molar-refractivity contribution in [3.05, 3.63) is 39.3 Å². The number of rotatable bonds is 4. The van der Waals surface area contributed by atoms with Crippen LogP contribution in [-0.2, 0) is 16.0 Å². The van der Waals surface area contributed by atoms with Crippen LogP contribution in [0.25, 0.3) is 17.5 Å². The van der Waals surface area contributed by atoms with Gasteiger partial charge in [0.05, 0.1) is 22.9 Å². The van der Waals surface area contributed by atoms with E-state index in [2.05, 4.69) is 15.3 Å². The minimum absolute atomic E-state index is 0.0384. The highest BCUT2D eigenvalue weighted by molar-refractivity contribution is 8.04. The summed E-state index contributed by atoms with van der Waals surface area (Å²) in [7, 11) is 0. The Morgan fingerprint density at radius 2 is 2.32 bits per heavy atom. The quantitative estimate of drug-likeness (QED) is 0.889. The summed E-state index contributed by atoms with van der Waals surface area (Å²) >= 11 is 2.70. The van der Waals surface area contributed by atoms with E-state index in [-0.39, 0.29) is 12.3 Å². The highest BCUT2D eigenvalue weighted by Gasteiger charge is 2.18. The van der Waals surface area contributed by atoms with Crippen molar-refractivity contribution in [2.75, 3.05) is 5.75 Å². The van der Waals surface area contributed by atoms with Crippen LogP contribution in [-0.4, -0.2) is 32.7 Å². The summed E-state index contributed by atoms with van der Waals surface area (Å²) in [6.07, 6.45) is 3.30. The summed E-state index contributed by atoms with van der Waals surface area (Å²) in [5, 5.41) is 13.2. The third-order valence-electron chi connectivity index (χ3n) is 2.81. The summed E-state index contributed by atoms with van der Waals surface area (Å²) in [6, 6.07) is 5.42. The number of carboxylic acids is 1. The van der Waals surface area contributed by atoms with Gasteiger partial charge in [0.1, 0.15) is 10.7 Å². The molecule has 0 atom stereocenters. The molecule has 6 nitrogen and oxygen atoms in total. The zero-order chi connectivity index (χ0) is 15.5. The normalized spacial score (nSPS) is 16.0. The maximum atomic E-state index is 11.2. The maximum Gasteiger partial charge on any atom is 0.308 e. The SMILES string of the molecule is O=C(O)Cc1sc(/C=C2\NC(=O)CS2)nc1-c1ccccn1. The molecule has 3 heterocycles. The predicted molar refractivity (Wildman–Crippen MR) is 85.3 cm³/mol. The lowest BCUT2D eigenvalue weighted by Crippen LogP contribution is -2.13. The molecule has 0 bridgehead atoms. The minimum atomic E-state index is -0.913. The predicted octanol–water partition coefficient (Wildman–Crippen LogP) is 1.99. The molecular formula is C14H11N3O3S2. The van der Waals surface area contributed by atoms with Crippen molar-refractivity contribution in [3.63, 3.8) is 0 Å². The Balaban J connectivity index is 1.98. The average Bonchev–Trinajstić information content (AvgIpc) is 3.06. The Labute approximate surface area is 134 Å². The summed E-state index contributed by atoms with van der Waals surface area (Å²) in [4.78, 5) is 31.6. The Morgan fingerprint density at radius 1 is 1.45 bits per heavy atom. The molecule has 112 valence electrons. The lowest BCUT2D eigenvalue weighted by atomic mass is 10.2. The number of nitrogens with zero attached hydrogens (tertiary/aromatic N) is 2. The van der Waals surface area contributed by atoms with Crippen molar-refractivity contribution >= 4 is 41.1 Å². The van der Waals surface area contributed by atoms with E-state index in [1.807, 2.05) is 6.07 Å². The molecule has 1 aliphatic heterocycles. The van der Waals surface area contributed by atoms with Crippen LogP contribution in [0.3, 0.4) is 0 Å². The zero-order valence-electron chi connectivity index (χ0n) is 11.3. The lowest BCUT2D eigenvalue weighted by molar-refractivity contribution is -0.136.